The van der Waals surface area contributed by atoms with Gasteiger partial charge in [-0.05, 0) is 33.7 Å². The van der Waals surface area contributed by atoms with E-state index >= 15 is 0 Å². The summed E-state index contributed by atoms with van der Waals surface area (Å²) in [5, 5.41) is 12.6. The molecule has 0 spiro atoms. The molecule has 2 rings (SSSR count). The maximum absolute atomic E-state index is 4.73. The highest BCUT2D eigenvalue weighted by atomic mass is 15.3. The van der Waals surface area contributed by atoms with E-state index in [0.29, 0.717) is 6.04 Å². The molecule has 1 atom stereocenters. The lowest BCUT2D eigenvalue weighted by atomic mass is 10.0. The van der Waals surface area contributed by atoms with Crippen LogP contribution in [0.3, 0.4) is 0 Å². The summed E-state index contributed by atoms with van der Waals surface area (Å²) in [5.74, 6) is 0. The first-order valence-corrected chi connectivity index (χ1v) is 7.89. The van der Waals surface area contributed by atoms with Gasteiger partial charge in [-0.2, -0.15) is 10.2 Å². The van der Waals surface area contributed by atoms with Crippen LogP contribution in [0.15, 0.2) is 12.4 Å². The van der Waals surface area contributed by atoms with Crippen LogP contribution in [0.25, 0.3) is 0 Å². The van der Waals surface area contributed by atoms with Gasteiger partial charge in [-0.1, -0.05) is 13.8 Å². The van der Waals surface area contributed by atoms with Gasteiger partial charge in [0.2, 0.25) is 0 Å². The van der Waals surface area contributed by atoms with Gasteiger partial charge in [0.1, 0.15) is 0 Å². The monoisotopic (exact) mass is 289 g/mol. The molecule has 116 valence electrons. The van der Waals surface area contributed by atoms with E-state index in [4.69, 9.17) is 5.10 Å². The van der Waals surface area contributed by atoms with Crippen LogP contribution >= 0.6 is 0 Å². The Morgan fingerprint density at radius 1 is 1.24 bits per heavy atom. The van der Waals surface area contributed by atoms with Crippen molar-refractivity contribution in [2.45, 2.75) is 60.2 Å². The fraction of sp³-hybridized carbons (Fsp3) is 0.625. The Hall–Kier alpha value is -1.62. The Balaban J connectivity index is 2.25. The van der Waals surface area contributed by atoms with Crippen molar-refractivity contribution in [3.05, 3.63) is 34.9 Å². The summed E-state index contributed by atoms with van der Waals surface area (Å²) < 4.78 is 4.05. The lowest BCUT2D eigenvalue weighted by molar-refractivity contribution is 0.531. The fourth-order valence-corrected chi connectivity index (χ4v) is 2.90. The molecule has 0 bridgehead atoms. The second kappa shape index (κ2) is 6.89. The molecule has 0 radical (unpaired) electrons. The SMILES string of the molecule is CCNC(CC)c1c(C)nn(Cc2cnn(CC)c2)c1C. The summed E-state index contributed by atoms with van der Waals surface area (Å²) in [4.78, 5) is 0. The second-order valence-electron chi connectivity index (χ2n) is 5.46. The van der Waals surface area contributed by atoms with Gasteiger partial charge < -0.3 is 5.32 Å². The third-order valence-electron chi connectivity index (χ3n) is 3.99. The molecule has 0 aliphatic carbocycles. The van der Waals surface area contributed by atoms with Gasteiger partial charge in [0.05, 0.1) is 18.4 Å². The molecule has 0 aliphatic rings. The molecule has 21 heavy (non-hydrogen) atoms. The molecular weight excluding hydrogens is 262 g/mol. The third kappa shape index (κ3) is 3.35. The van der Waals surface area contributed by atoms with E-state index in [1.807, 2.05) is 10.9 Å². The van der Waals surface area contributed by atoms with Crippen LogP contribution < -0.4 is 5.32 Å². The average Bonchev–Trinajstić information content (AvgIpc) is 3.03. The summed E-state index contributed by atoms with van der Waals surface area (Å²) in [6.45, 7) is 13.4. The first-order valence-electron chi connectivity index (χ1n) is 7.89. The molecule has 1 unspecified atom stereocenters. The Morgan fingerprint density at radius 3 is 2.57 bits per heavy atom. The molecule has 5 heteroatoms. The molecular formula is C16H27N5. The van der Waals surface area contributed by atoms with Crippen molar-refractivity contribution >= 4 is 0 Å². The molecule has 2 aromatic heterocycles. The van der Waals surface area contributed by atoms with Crippen LogP contribution in [0, 0.1) is 13.8 Å². The highest BCUT2D eigenvalue weighted by Crippen LogP contribution is 2.24. The number of aromatic nitrogens is 4. The minimum Gasteiger partial charge on any atom is -0.310 e. The standard InChI is InChI=1S/C16H27N5/c1-6-15(17-7-2)16-12(4)19-21(13(16)5)11-14-9-18-20(8-3)10-14/h9-10,15,17H,6-8,11H2,1-5H3. The zero-order chi connectivity index (χ0) is 15.4. The maximum atomic E-state index is 4.73. The Labute approximate surface area is 127 Å². The zero-order valence-electron chi connectivity index (χ0n) is 13.8. The van der Waals surface area contributed by atoms with E-state index in [1.165, 1.54) is 16.8 Å². The number of nitrogens with one attached hydrogen (secondary N) is 1. The summed E-state index contributed by atoms with van der Waals surface area (Å²) in [5.41, 5.74) is 4.93. The van der Waals surface area contributed by atoms with E-state index in [-0.39, 0.29) is 0 Å². The van der Waals surface area contributed by atoms with Crippen molar-refractivity contribution < 1.29 is 0 Å². The predicted octanol–water partition coefficient (Wildman–Crippen LogP) is 2.83. The molecule has 5 nitrogen and oxygen atoms in total. The van der Waals surface area contributed by atoms with Gasteiger partial charge in [-0.3, -0.25) is 9.36 Å². The van der Waals surface area contributed by atoms with Crippen molar-refractivity contribution in [2.24, 2.45) is 0 Å². The second-order valence-corrected chi connectivity index (χ2v) is 5.46. The summed E-state index contributed by atoms with van der Waals surface area (Å²) in [6, 6.07) is 0.391. The Morgan fingerprint density at radius 2 is 2.00 bits per heavy atom. The molecule has 0 aliphatic heterocycles. The van der Waals surface area contributed by atoms with Crippen molar-refractivity contribution in [1.82, 2.24) is 24.9 Å². The zero-order valence-corrected chi connectivity index (χ0v) is 13.8. The van der Waals surface area contributed by atoms with Gasteiger partial charge >= 0.3 is 0 Å². The van der Waals surface area contributed by atoms with Gasteiger partial charge in [0.25, 0.3) is 0 Å². The number of hydrogen-bond donors (Lipinski definition) is 1. The highest BCUT2D eigenvalue weighted by molar-refractivity contribution is 5.29. The van der Waals surface area contributed by atoms with Gasteiger partial charge in [-0.25, -0.2) is 0 Å². The van der Waals surface area contributed by atoms with Crippen LogP contribution in [0.2, 0.25) is 0 Å². The molecule has 0 aromatic carbocycles. The normalized spacial score (nSPS) is 12.8. The predicted molar refractivity (Wildman–Crippen MR) is 85.4 cm³/mol. The molecule has 0 saturated carbocycles. The van der Waals surface area contributed by atoms with Crippen LogP contribution in [0.5, 0.6) is 0 Å². The van der Waals surface area contributed by atoms with Crippen LogP contribution in [-0.2, 0) is 13.1 Å². The smallest absolute Gasteiger partial charge is 0.0693 e. The Bertz CT molecular complexity index is 582. The molecule has 0 saturated heterocycles. The number of nitrogens with zero attached hydrogens (tertiary/aromatic N) is 4. The molecule has 0 fully saturated rings. The van der Waals surface area contributed by atoms with Gasteiger partial charge in [0, 0.05) is 35.6 Å². The minimum absolute atomic E-state index is 0.391. The molecule has 1 N–H and O–H groups in total. The van der Waals surface area contributed by atoms with E-state index in [1.54, 1.807) is 0 Å². The topological polar surface area (TPSA) is 47.7 Å². The summed E-state index contributed by atoms with van der Waals surface area (Å²) in [6.07, 6.45) is 5.11. The van der Waals surface area contributed by atoms with E-state index in [9.17, 15) is 0 Å². The van der Waals surface area contributed by atoms with Gasteiger partial charge in [0.15, 0.2) is 0 Å². The van der Waals surface area contributed by atoms with E-state index in [0.717, 1.165) is 31.7 Å². The summed E-state index contributed by atoms with van der Waals surface area (Å²) >= 11 is 0. The fourth-order valence-electron chi connectivity index (χ4n) is 2.90. The minimum atomic E-state index is 0.391. The lowest BCUT2D eigenvalue weighted by Crippen LogP contribution is -2.21. The largest absolute Gasteiger partial charge is 0.310 e. The first-order chi connectivity index (χ1) is 10.1. The number of hydrogen-bond acceptors (Lipinski definition) is 3. The lowest BCUT2D eigenvalue weighted by Gasteiger charge is -2.16. The molecule has 2 heterocycles. The van der Waals surface area contributed by atoms with Crippen molar-refractivity contribution in [2.75, 3.05) is 6.54 Å². The summed E-state index contributed by atoms with van der Waals surface area (Å²) in [7, 11) is 0. The molecule has 2 aromatic rings. The van der Waals surface area contributed by atoms with E-state index < -0.39 is 0 Å². The van der Waals surface area contributed by atoms with Gasteiger partial charge in [-0.15, -0.1) is 0 Å². The third-order valence-corrected chi connectivity index (χ3v) is 3.99. The van der Waals surface area contributed by atoms with Crippen molar-refractivity contribution in [3.8, 4) is 0 Å². The highest BCUT2D eigenvalue weighted by Gasteiger charge is 2.19. The van der Waals surface area contributed by atoms with Crippen LogP contribution in [0.1, 0.15) is 55.7 Å². The maximum Gasteiger partial charge on any atom is 0.0693 e. The number of aryl methyl sites for hydroxylation is 2. The average molecular weight is 289 g/mol. The van der Waals surface area contributed by atoms with Crippen molar-refractivity contribution in [3.63, 3.8) is 0 Å². The van der Waals surface area contributed by atoms with E-state index in [2.05, 4.69) is 55.9 Å². The van der Waals surface area contributed by atoms with Crippen LogP contribution in [-0.4, -0.2) is 26.1 Å². The first kappa shape index (κ1) is 15.8. The molecule has 0 amide bonds. The Kier molecular flexibility index (Phi) is 5.17. The number of rotatable bonds is 7. The van der Waals surface area contributed by atoms with Crippen LogP contribution in [0.4, 0.5) is 0 Å². The quantitative estimate of drug-likeness (QED) is 0.852. The van der Waals surface area contributed by atoms with Crippen molar-refractivity contribution in [1.29, 1.82) is 0 Å².